The van der Waals surface area contributed by atoms with Crippen LogP contribution in [-0.4, -0.2) is 31.7 Å². The molecule has 94 valence electrons. The Morgan fingerprint density at radius 1 is 1.35 bits per heavy atom. The summed E-state index contributed by atoms with van der Waals surface area (Å²) in [5.74, 6) is 0.689. The Morgan fingerprint density at radius 3 is 2.59 bits per heavy atom. The van der Waals surface area contributed by atoms with E-state index in [1.807, 2.05) is 0 Å². The largest absolute Gasteiger partial charge is 0.494 e. The first-order valence-electron chi connectivity index (χ1n) is 5.32. The molecular weight excluding hydrogens is 242 g/mol. The molecule has 0 radical (unpaired) electrons. The highest BCUT2D eigenvalue weighted by Gasteiger charge is 2.06. The average molecular weight is 258 g/mol. The van der Waals surface area contributed by atoms with Crippen LogP contribution in [0.3, 0.4) is 0 Å². The number of ether oxygens (including phenoxy) is 1. The maximum absolute atomic E-state index is 11.4. The summed E-state index contributed by atoms with van der Waals surface area (Å²) in [6, 6.07) is 7.12. The SMILES string of the molecule is CON(C)C(=O)CCCOc1ccc(Cl)cc1. The number of hydrogen-bond donors (Lipinski definition) is 0. The molecule has 0 aromatic heterocycles. The molecule has 0 aliphatic carbocycles. The van der Waals surface area contributed by atoms with E-state index in [-0.39, 0.29) is 5.91 Å². The molecule has 1 aromatic carbocycles. The predicted molar refractivity (Wildman–Crippen MR) is 66.0 cm³/mol. The number of rotatable bonds is 6. The summed E-state index contributed by atoms with van der Waals surface area (Å²) in [5, 5.41) is 1.89. The van der Waals surface area contributed by atoms with Gasteiger partial charge in [0, 0.05) is 18.5 Å². The fourth-order valence-corrected chi connectivity index (χ4v) is 1.33. The van der Waals surface area contributed by atoms with E-state index in [9.17, 15) is 4.79 Å². The first kappa shape index (κ1) is 13.8. The lowest BCUT2D eigenvalue weighted by atomic mass is 10.3. The van der Waals surface area contributed by atoms with Crippen molar-refractivity contribution < 1.29 is 14.4 Å². The number of nitrogens with zero attached hydrogens (tertiary/aromatic N) is 1. The Hall–Kier alpha value is -1.26. The van der Waals surface area contributed by atoms with E-state index in [0.717, 1.165) is 5.75 Å². The smallest absolute Gasteiger partial charge is 0.245 e. The Labute approximate surface area is 106 Å². The van der Waals surface area contributed by atoms with Gasteiger partial charge in [-0.2, -0.15) is 0 Å². The predicted octanol–water partition coefficient (Wildman–Crippen LogP) is 2.52. The van der Waals surface area contributed by atoms with E-state index in [4.69, 9.17) is 21.2 Å². The molecule has 1 amide bonds. The van der Waals surface area contributed by atoms with Crippen molar-refractivity contribution in [2.75, 3.05) is 20.8 Å². The minimum atomic E-state index is -0.0628. The zero-order chi connectivity index (χ0) is 12.7. The first-order valence-corrected chi connectivity index (χ1v) is 5.70. The van der Waals surface area contributed by atoms with Crippen molar-refractivity contribution in [3.05, 3.63) is 29.3 Å². The van der Waals surface area contributed by atoms with Crippen LogP contribution in [0.1, 0.15) is 12.8 Å². The summed E-state index contributed by atoms with van der Waals surface area (Å²) in [6.07, 6.45) is 1.05. The van der Waals surface area contributed by atoms with Crippen LogP contribution >= 0.6 is 11.6 Å². The molecule has 0 unspecified atom stereocenters. The summed E-state index contributed by atoms with van der Waals surface area (Å²) < 4.78 is 5.45. The molecule has 4 nitrogen and oxygen atoms in total. The maximum Gasteiger partial charge on any atom is 0.245 e. The van der Waals surface area contributed by atoms with Crippen molar-refractivity contribution >= 4 is 17.5 Å². The second-order valence-electron chi connectivity index (χ2n) is 3.48. The van der Waals surface area contributed by atoms with E-state index in [1.54, 1.807) is 31.3 Å². The Kier molecular flexibility index (Phi) is 5.80. The van der Waals surface area contributed by atoms with Gasteiger partial charge in [0.25, 0.3) is 0 Å². The van der Waals surface area contributed by atoms with Gasteiger partial charge >= 0.3 is 0 Å². The fourth-order valence-electron chi connectivity index (χ4n) is 1.20. The summed E-state index contributed by atoms with van der Waals surface area (Å²) >= 11 is 5.75. The highest BCUT2D eigenvalue weighted by molar-refractivity contribution is 6.30. The summed E-state index contributed by atoms with van der Waals surface area (Å²) in [6.45, 7) is 0.491. The molecule has 0 aliphatic rings. The maximum atomic E-state index is 11.4. The van der Waals surface area contributed by atoms with Gasteiger partial charge in [0.15, 0.2) is 0 Å². The van der Waals surface area contributed by atoms with Crippen LogP contribution in [0.5, 0.6) is 5.75 Å². The van der Waals surface area contributed by atoms with Gasteiger partial charge in [0.05, 0.1) is 13.7 Å². The zero-order valence-electron chi connectivity index (χ0n) is 9.98. The molecule has 1 rings (SSSR count). The summed E-state index contributed by atoms with van der Waals surface area (Å²) in [4.78, 5) is 16.1. The number of amides is 1. The molecule has 0 fully saturated rings. The van der Waals surface area contributed by atoms with E-state index >= 15 is 0 Å². The first-order chi connectivity index (χ1) is 8.13. The molecule has 0 N–H and O–H groups in total. The molecule has 1 aromatic rings. The van der Waals surface area contributed by atoms with Crippen LogP contribution in [0.4, 0.5) is 0 Å². The molecule has 0 saturated heterocycles. The third kappa shape index (κ3) is 5.06. The highest BCUT2D eigenvalue weighted by atomic mass is 35.5. The third-order valence-corrected chi connectivity index (χ3v) is 2.49. The van der Waals surface area contributed by atoms with Crippen molar-refractivity contribution in [1.29, 1.82) is 0 Å². The van der Waals surface area contributed by atoms with Crippen molar-refractivity contribution in [2.45, 2.75) is 12.8 Å². The van der Waals surface area contributed by atoms with Crippen LogP contribution in [0.25, 0.3) is 0 Å². The highest BCUT2D eigenvalue weighted by Crippen LogP contribution is 2.15. The van der Waals surface area contributed by atoms with Gasteiger partial charge in [0.2, 0.25) is 5.91 Å². The molecule has 0 saturated carbocycles. The molecule has 0 atom stereocenters. The minimum Gasteiger partial charge on any atom is -0.494 e. The zero-order valence-corrected chi connectivity index (χ0v) is 10.7. The molecular formula is C12H16ClNO3. The summed E-state index contributed by atoms with van der Waals surface area (Å²) in [7, 11) is 3.05. The molecule has 5 heteroatoms. The molecule has 0 heterocycles. The van der Waals surface area contributed by atoms with Crippen LogP contribution in [0, 0.1) is 0 Å². The number of hydroxylamine groups is 2. The number of carbonyl (C=O) groups is 1. The van der Waals surface area contributed by atoms with Crippen molar-refractivity contribution in [3.8, 4) is 5.75 Å². The standard InChI is InChI=1S/C12H16ClNO3/c1-14(16-2)12(15)4-3-9-17-11-7-5-10(13)6-8-11/h5-8H,3-4,9H2,1-2H3. The number of halogens is 1. The van der Waals surface area contributed by atoms with Gasteiger partial charge in [-0.25, -0.2) is 5.06 Å². The molecule has 0 bridgehead atoms. The number of carbonyl (C=O) groups excluding carboxylic acids is 1. The van der Waals surface area contributed by atoms with Crippen molar-refractivity contribution in [2.24, 2.45) is 0 Å². The average Bonchev–Trinajstić information content (AvgIpc) is 2.35. The van der Waals surface area contributed by atoms with Crippen LogP contribution < -0.4 is 4.74 Å². The fraction of sp³-hybridized carbons (Fsp3) is 0.417. The normalized spacial score (nSPS) is 10.1. The van der Waals surface area contributed by atoms with Crippen molar-refractivity contribution in [1.82, 2.24) is 5.06 Å². The second kappa shape index (κ2) is 7.14. The van der Waals surface area contributed by atoms with E-state index in [2.05, 4.69) is 0 Å². The van der Waals surface area contributed by atoms with Crippen molar-refractivity contribution in [3.63, 3.8) is 0 Å². The van der Waals surface area contributed by atoms with E-state index in [1.165, 1.54) is 12.2 Å². The van der Waals surface area contributed by atoms with Gasteiger partial charge in [-0.05, 0) is 30.7 Å². The summed E-state index contributed by atoms with van der Waals surface area (Å²) in [5.41, 5.74) is 0. The second-order valence-corrected chi connectivity index (χ2v) is 3.92. The van der Waals surface area contributed by atoms with Gasteiger partial charge < -0.3 is 4.74 Å². The molecule has 0 aliphatic heterocycles. The minimum absolute atomic E-state index is 0.0628. The number of benzene rings is 1. The Balaban J connectivity index is 2.20. The quantitative estimate of drug-likeness (QED) is 0.581. The Bertz CT molecular complexity index is 353. The third-order valence-electron chi connectivity index (χ3n) is 2.24. The lowest BCUT2D eigenvalue weighted by Crippen LogP contribution is -2.25. The molecule has 0 spiro atoms. The van der Waals surface area contributed by atoms with Crippen LogP contribution in [0.2, 0.25) is 5.02 Å². The monoisotopic (exact) mass is 257 g/mol. The van der Waals surface area contributed by atoms with Gasteiger partial charge in [0.1, 0.15) is 5.75 Å². The topological polar surface area (TPSA) is 38.8 Å². The lowest BCUT2D eigenvalue weighted by Gasteiger charge is -2.13. The van der Waals surface area contributed by atoms with Crippen LogP contribution in [0.15, 0.2) is 24.3 Å². The van der Waals surface area contributed by atoms with Gasteiger partial charge in [-0.15, -0.1) is 0 Å². The van der Waals surface area contributed by atoms with Gasteiger partial charge in [-0.3, -0.25) is 9.63 Å². The Morgan fingerprint density at radius 2 is 2.00 bits per heavy atom. The lowest BCUT2D eigenvalue weighted by molar-refractivity contribution is -0.168. The van der Waals surface area contributed by atoms with E-state index < -0.39 is 0 Å². The van der Waals surface area contributed by atoms with Gasteiger partial charge in [-0.1, -0.05) is 11.6 Å². The number of hydrogen-bond acceptors (Lipinski definition) is 3. The van der Waals surface area contributed by atoms with E-state index in [0.29, 0.717) is 24.5 Å². The molecule has 17 heavy (non-hydrogen) atoms. The van der Waals surface area contributed by atoms with Crippen LogP contribution in [-0.2, 0) is 9.63 Å².